The van der Waals surface area contributed by atoms with Gasteiger partial charge in [0.25, 0.3) is 0 Å². The van der Waals surface area contributed by atoms with Crippen LogP contribution in [0.5, 0.6) is 0 Å². The number of rotatable bonds is 5. The molecule has 0 spiro atoms. The van der Waals surface area contributed by atoms with Crippen LogP contribution >= 0.6 is 0 Å². The van der Waals surface area contributed by atoms with Crippen LogP contribution in [-0.4, -0.2) is 35.3 Å². The average molecular weight is 261 g/mol. The van der Waals surface area contributed by atoms with Crippen molar-refractivity contribution in [3.63, 3.8) is 0 Å². The molecule has 0 aliphatic rings. The predicted molar refractivity (Wildman–Crippen MR) is 75.0 cm³/mol. The molecule has 1 atom stereocenters. The molecule has 0 aliphatic carbocycles. The Labute approximate surface area is 112 Å². The minimum atomic E-state index is 0.137. The topological polar surface area (TPSA) is 76.9 Å². The summed E-state index contributed by atoms with van der Waals surface area (Å²) in [6, 6.07) is 6.06. The Morgan fingerprint density at radius 2 is 2.42 bits per heavy atom. The number of guanidine groups is 1. The lowest BCUT2D eigenvalue weighted by atomic mass is 10.2. The largest absolute Gasteiger partial charge is 0.383 e. The number of aromatic nitrogens is 2. The number of fused-ring (bicyclic) bond motifs is 1. The zero-order valence-electron chi connectivity index (χ0n) is 11.2. The molecule has 2 rings (SSSR count). The number of aliphatic imine (C=N–C) groups is 1. The van der Waals surface area contributed by atoms with Gasteiger partial charge in [0.15, 0.2) is 5.96 Å². The van der Waals surface area contributed by atoms with Crippen molar-refractivity contribution < 1.29 is 4.74 Å². The molecule has 6 heteroatoms. The van der Waals surface area contributed by atoms with Gasteiger partial charge in [-0.3, -0.25) is 0 Å². The Hall–Kier alpha value is -2.08. The summed E-state index contributed by atoms with van der Waals surface area (Å²) in [7, 11) is 1.66. The second-order valence-corrected chi connectivity index (χ2v) is 4.40. The Morgan fingerprint density at radius 1 is 1.58 bits per heavy atom. The van der Waals surface area contributed by atoms with Crippen molar-refractivity contribution in [3.05, 3.63) is 36.2 Å². The van der Waals surface area contributed by atoms with Crippen LogP contribution in [0.15, 0.2) is 35.6 Å². The normalized spacial score (nSPS) is 13.7. The van der Waals surface area contributed by atoms with Gasteiger partial charge in [0, 0.05) is 24.9 Å². The fraction of sp³-hybridized carbons (Fsp3) is 0.385. The van der Waals surface area contributed by atoms with E-state index in [1.54, 1.807) is 7.11 Å². The molecule has 19 heavy (non-hydrogen) atoms. The summed E-state index contributed by atoms with van der Waals surface area (Å²) in [5.74, 6) is 0.417. The summed E-state index contributed by atoms with van der Waals surface area (Å²) in [5, 5.41) is 7.32. The summed E-state index contributed by atoms with van der Waals surface area (Å²) in [6.45, 7) is 3.08. The van der Waals surface area contributed by atoms with E-state index in [2.05, 4.69) is 15.4 Å². The van der Waals surface area contributed by atoms with Crippen molar-refractivity contribution in [1.82, 2.24) is 14.9 Å². The highest BCUT2D eigenvalue weighted by Gasteiger charge is 2.04. The Morgan fingerprint density at radius 3 is 3.21 bits per heavy atom. The molecular weight excluding hydrogens is 242 g/mol. The molecule has 6 nitrogen and oxygen atoms in total. The molecular formula is C13H19N5O. The third kappa shape index (κ3) is 3.45. The van der Waals surface area contributed by atoms with Gasteiger partial charge < -0.3 is 15.8 Å². The van der Waals surface area contributed by atoms with Gasteiger partial charge in [-0.25, -0.2) is 9.51 Å². The van der Waals surface area contributed by atoms with E-state index in [-0.39, 0.29) is 6.04 Å². The van der Waals surface area contributed by atoms with E-state index in [0.29, 0.717) is 19.1 Å². The molecule has 2 aromatic heterocycles. The highest BCUT2D eigenvalue weighted by molar-refractivity contribution is 5.78. The van der Waals surface area contributed by atoms with E-state index >= 15 is 0 Å². The molecule has 0 radical (unpaired) electrons. The second kappa shape index (κ2) is 6.19. The van der Waals surface area contributed by atoms with E-state index in [4.69, 9.17) is 10.5 Å². The highest BCUT2D eigenvalue weighted by Crippen LogP contribution is 2.10. The maximum absolute atomic E-state index is 5.82. The predicted octanol–water partition coefficient (Wildman–Crippen LogP) is 0.774. The third-order valence-electron chi connectivity index (χ3n) is 2.74. The molecule has 0 bridgehead atoms. The van der Waals surface area contributed by atoms with Crippen LogP contribution in [0, 0.1) is 0 Å². The molecule has 0 saturated carbocycles. The van der Waals surface area contributed by atoms with Crippen molar-refractivity contribution in [2.45, 2.75) is 19.5 Å². The fourth-order valence-electron chi connectivity index (χ4n) is 1.87. The number of pyridine rings is 1. The van der Waals surface area contributed by atoms with E-state index in [1.165, 1.54) is 0 Å². The summed E-state index contributed by atoms with van der Waals surface area (Å²) < 4.78 is 6.85. The Bertz CT molecular complexity index is 563. The standard InChI is InChI=1S/C13H19N5O/c1-10(9-19-2)17-13(14)15-7-11-8-16-18-6-4-3-5-12(11)18/h3-6,8,10H,7,9H2,1-2H3,(H3,14,15,17). The lowest BCUT2D eigenvalue weighted by molar-refractivity contribution is 0.179. The SMILES string of the molecule is COCC(C)NC(N)=NCc1cnn2ccccc12. The number of nitrogens with zero attached hydrogens (tertiary/aromatic N) is 3. The molecule has 3 N–H and O–H groups in total. The Balaban J connectivity index is 2.01. The number of methoxy groups -OCH3 is 1. The number of hydrogen-bond donors (Lipinski definition) is 2. The maximum atomic E-state index is 5.82. The molecule has 0 amide bonds. The lowest BCUT2D eigenvalue weighted by Crippen LogP contribution is -2.40. The first-order valence-corrected chi connectivity index (χ1v) is 6.17. The maximum Gasteiger partial charge on any atom is 0.189 e. The summed E-state index contributed by atoms with van der Waals surface area (Å²) in [5.41, 5.74) is 7.91. The van der Waals surface area contributed by atoms with E-state index in [1.807, 2.05) is 42.0 Å². The van der Waals surface area contributed by atoms with Crippen LogP contribution in [0.25, 0.3) is 5.52 Å². The average Bonchev–Trinajstić information content (AvgIpc) is 2.80. The highest BCUT2D eigenvalue weighted by atomic mass is 16.5. The molecule has 0 aromatic carbocycles. The van der Waals surface area contributed by atoms with Gasteiger partial charge in [-0.05, 0) is 19.1 Å². The molecule has 0 fully saturated rings. The molecule has 2 aromatic rings. The van der Waals surface area contributed by atoms with Gasteiger partial charge in [0.05, 0.1) is 24.9 Å². The minimum Gasteiger partial charge on any atom is -0.383 e. The zero-order chi connectivity index (χ0) is 13.7. The number of ether oxygens (including phenoxy) is 1. The third-order valence-corrected chi connectivity index (χ3v) is 2.74. The van der Waals surface area contributed by atoms with Gasteiger partial charge in [-0.15, -0.1) is 0 Å². The summed E-state index contributed by atoms with van der Waals surface area (Å²) in [6.07, 6.45) is 3.72. The summed E-state index contributed by atoms with van der Waals surface area (Å²) in [4.78, 5) is 4.31. The minimum absolute atomic E-state index is 0.137. The van der Waals surface area contributed by atoms with Gasteiger partial charge in [0.2, 0.25) is 0 Å². The molecule has 0 aliphatic heterocycles. The van der Waals surface area contributed by atoms with Crippen LogP contribution in [0.4, 0.5) is 0 Å². The van der Waals surface area contributed by atoms with Crippen molar-refractivity contribution in [2.75, 3.05) is 13.7 Å². The molecule has 0 saturated heterocycles. The number of nitrogens with one attached hydrogen (secondary N) is 1. The van der Waals surface area contributed by atoms with Crippen molar-refractivity contribution >= 4 is 11.5 Å². The molecule has 1 unspecified atom stereocenters. The first kappa shape index (κ1) is 13.4. The lowest BCUT2D eigenvalue weighted by Gasteiger charge is -2.12. The first-order valence-electron chi connectivity index (χ1n) is 6.17. The van der Waals surface area contributed by atoms with Gasteiger partial charge in [-0.2, -0.15) is 5.10 Å². The van der Waals surface area contributed by atoms with Gasteiger partial charge in [0.1, 0.15) is 0 Å². The molecule has 102 valence electrons. The van der Waals surface area contributed by atoms with Crippen molar-refractivity contribution in [3.8, 4) is 0 Å². The van der Waals surface area contributed by atoms with E-state index < -0.39 is 0 Å². The van der Waals surface area contributed by atoms with Crippen LogP contribution in [0.1, 0.15) is 12.5 Å². The van der Waals surface area contributed by atoms with Gasteiger partial charge >= 0.3 is 0 Å². The van der Waals surface area contributed by atoms with Crippen molar-refractivity contribution in [1.29, 1.82) is 0 Å². The van der Waals surface area contributed by atoms with E-state index in [9.17, 15) is 0 Å². The fourth-order valence-corrected chi connectivity index (χ4v) is 1.87. The smallest absolute Gasteiger partial charge is 0.189 e. The number of hydrogen-bond acceptors (Lipinski definition) is 3. The van der Waals surface area contributed by atoms with Crippen LogP contribution in [-0.2, 0) is 11.3 Å². The molecule has 2 heterocycles. The second-order valence-electron chi connectivity index (χ2n) is 4.40. The zero-order valence-corrected chi connectivity index (χ0v) is 11.2. The number of nitrogens with two attached hydrogens (primary N) is 1. The van der Waals surface area contributed by atoms with Gasteiger partial charge in [-0.1, -0.05) is 6.07 Å². The van der Waals surface area contributed by atoms with Crippen molar-refractivity contribution in [2.24, 2.45) is 10.7 Å². The monoisotopic (exact) mass is 261 g/mol. The van der Waals surface area contributed by atoms with Crippen LogP contribution < -0.4 is 11.1 Å². The van der Waals surface area contributed by atoms with Crippen LogP contribution in [0.3, 0.4) is 0 Å². The van der Waals surface area contributed by atoms with Crippen LogP contribution in [0.2, 0.25) is 0 Å². The quantitative estimate of drug-likeness (QED) is 0.616. The first-order chi connectivity index (χ1) is 9.20. The Kier molecular flexibility index (Phi) is 4.35. The van der Waals surface area contributed by atoms with E-state index in [0.717, 1.165) is 11.1 Å². The summed E-state index contributed by atoms with van der Waals surface area (Å²) >= 11 is 0.